The van der Waals surface area contributed by atoms with E-state index in [-0.39, 0.29) is 11.3 Å². The molecule has 5 nitrogen and oxygen atoms in total. The van der Waals surface area contributed by atoms with E-state index in [1.54, 1.807) is 0 Å². The highest BCUT2D eigenvalue weighted by Crippen LogP contribution is 2.32. The minimum atomic E-state index is -1.10. The molecular formula is C11H14ClNO4. The smallest absolute Gasteiger partial charge is 0.337 e. The molecule has 94 valence electrons. The fraction of sp³-hybridized carbons (Fsp3) is 0.364. The second-order valence-corrected chi connectivity index (χ2v) is 3.66. The van der Waals surface area contributed by atoms with Gasteiger partial charge in [-0.05, 0) is 6.42 Å². The number of methoxy groups -OCH3 is 1. The number of ether oxygens (including phenoxy) is 2. The fourth-order valence-corrected chi connectivity index (χ4v) is 1.38. The molecule has 0 radical (unpaired) electrons. The molecule has 0 saturated heterocycles. The molecule has 0 aliphatic heterocycles. The van der Waals surface area contributed by atoms with Gasteiger partial charge in [0.25, 0.3) is 0 Å². The zero-order chi connectivity index (χ0) is 12.8. The molecule has 0 atom stereocenters. The summed E-state index contributed by atoms with van der Waals surface area (Å²) in [6.45, 7) is 0.392. The van der Waals surface area contributed by atoms with Crippen molar-refractivity contribution in [1.29, 1.82) is 0 Å². The molecule has 0 spiro atoms. The van der Waals surface area contributed by atoms with Crippen LogP contribution in [0.5, 0.6) is 11.5 Å². The van der Waals surface area contributed by atoms with Gasteiger partial charge >= 0.3 is 5.97 Å². The van der Waals surface area contributed by atoms with Crippen molar-refractivity contribution in [2.45, 2.75) is 6.42 Å². The van der Waals surface area contributed by atoms with Crippen LogP contribution in [0, 0.1) is 0 Å². The summed E-state index contributed by atoms with van der Waals surface area (Å²) in [5, 5.41) is 8.93. The number of rotatable bonds is 6. The summed E-state index contributed by atoms with van der Waals surface area (Å²) in [5.74, 6) is 0.127. The van der Waals surface area contributed by atoms with Crippen LogP contribution in [0.3, 0.4) is 0 Å². The van der Waals surface area contributed by atoms with Gasteiger partial charge < -0.3 is 20.3 Å². The van der Waals surface area contributed by atoms with Crippen molar-refractivity contribution in [2.75, 3.05) is 25.3 Å². The Bertz CT molecular complexity index is 409. The number of alkyl halides is 1. The molecule has 6 heteroatoms. The molecule has 0 bridgehead atoms. The summed E-state index contributed by atoms with van der Waals surface area (Å²) in [6, 6.07) is 2.78. The van der Waals surface area contributed by atoms with Gasteiger partial charge in [0.05, 0.1) is 25.0 Å². The first-order chi connectivity index (χ1) is 8.10. The van der Waals surface area contributed by atoms with Gasteiger partial charge in [0.15, 0.2) is 11.5 Å². The van der Waals surface area contributed by atoms with E-state index in [0.29, 0.717) is 30.4 Å². The van der Waals surface area contributed by atoms with Crippen molar-refractivity contribution in [3.63, 3.8) is 0 Å². The quantitative estimate of drug-likeness (QED) is 0.464. The SMILES string of the molecule is COc1cc(N)c(C(=O)O)cc1OCCCCl. The van der Waals surface area contributed by atoms with Crippen LogP contribution in [0.25, 0.3) is 0 Å². The van der Waals surface area contributed by atoms with Crippen LogP contribution >= 0.6 is 11.6 Å². The second kappa shape index (κ2) is 6.20. The van der Waals surface area contributed by atoms with Crippen LogP contribution in [0.4, 0.5) is 5.69 Å². The summed E-state index contributed by atoms with van der Waals surface area (Å²) >= 11 is 5.52. The zero-order valence-corrected chi connectivity index (χ0v) is 10.2. The number of hydrogen-bond donors (Lipinski definition) is 2. The molecule has 0 aromatic heterocycles. The topological polar surface area (TPSA) is 81.8 Å². The predicted octanol–water partition coefficient (Wildman–Crippen LogP) is 1.98. The summed E-state index contributed by atoms with van der Waals surface area (Å²) in [6.07, 6.45) is 0.664. The first kappa shape index (κ1) is 13.4. The lowest BCUT2D eigenvalue weighted by Gasteiger charge is -2.12. The van der Waals surface area contributed by atoms with Gasteiger partial charge in [-0.25, -0.2) is 4.79 Å². The summed E-state index contributed by atoms with van der Waals surface area (Å²) in [5.41, 5.74) is 5.71. The van der Waals surface area contributed by atoms with E-state index in [9.17, 15) is 4.79 Å². The fourth-order valence-electron chi connectivity index (χ4n) is 1.27. The third-order valence-corrected chi connectivity index (χ3v) is 2.37. The number of carbonyl (C=O) groups is 1. The molecule has 0 aliphatic rings. The maximum Gasteiger partial charge on any atom is 0.337 e. The van der Waals surface area contributed by atoms with Crippen LogP contribution < -0.4 is 15.2 Å². The van der Waals surface area contributed by atoms with E-state index in [1.807, 2.05) is 0 Å². The molecule has 0 fully saturated rings. The Hall–Kier alpha value is -1.62. The van der Waals surface area contributed by atoms with Gasteiger partial charge in [-0.2, -0.15) is 0 Å². The standard InChI is InChI=1S/C11H14ClNO4/c1-16-9-6-8(13)7(11(14)15)5-10(9)17-4-2-3-12/h5-6H,2-4,13H2,1H3,(H,14,15). The Labute approximate surface area is 104 Å². The molecule has 0 unspecified atom stereocenters. The Kier molecular flexibility index (Phi) is 4.90. The minimum absolute atomic E-state index is 0.00771. The molecule has 1 aromatic carbocycles. The summed E-state index contributed by atoms with van der Waals surface area (Å²) < 4.78 is 10.4. The Morgan fingerprint density at radius 1 is 1.47 bits per heavy atom. The number of carboxylic acid groups (broad SMARTS) is 1. The third-order valence-electron chi connectivity index (χ3n) is 2.10. The largest absolute Gasteiger partial charge is 0.493 e. The molecule has 3 N–H and O–H groups in total. The molecule has 1 aromatic rings. The lowest BCUT2D eigenvalue weighted by atomic mass is 10.1. The average molecular weight is 260 g/mol. The Balaban J connectivity index is 2.99. The van der Waals surface area contributed by atoms with E-state index in [4.69, 9.17) is 31.9 Å². The molecule has 0 heterocycles. The maximum atomic E-state index is 10.9. The van der Waals surface area contributed by atoms with Gasteiger partial charge in [-0.15, -0.1) is 11.6 Å². The monoisotopic (exact) mass is 259 g/mol. The highest BCUT2D eigenvalue weighted by atomic mass is 35.5. The summed E-state index contributed by atoms with van der Waals surface area (Å²) in [7, 11) is 1.46. The van der Waals surface area contributed by atoms with Crippen molar-refractivity contribution >= 4 is 23.3 Å². The first-order valence-corrected chi connectivity index (χ1v) is 5.53. The van der Waals surface area contributed by atoms with Gasteiger partial charge in [-0.1, -0.05) is 0 Å². The highest BCUT2D eigenvalue weighted by molar-refractivity contribution is 6.17. The van der Waals surface area contributed by atoms with Crippen molar-refractivity contribution in [3.05, 3.63) is 17.7 Å². The number of nitrogen functional groups attached to an aromatic ring is 1. The van der Waals surface area contributed by atoms with E-state index in [0.717, 1.165) is 0 Å². The minimum Gasteiger partial charge on any atom is -0.493 e. The van der Waals surface area contributed by atoms with Crippen LogP contribution in [0.15, 0.2) is 12.1 Å². The predicted molar refractivity (Wildman–Crippen MR) is 65.2 cm³/mol. The van der Waals surface area contributed by atoms with Gasteiger partial charge in [0, 0.05) is 18.0 Å². The number of halogens is 1. The number of nitrogens with two attached hydrogens (primary N) is 1. The first-order valence-electron chi connectivity index (χ1n) is 4.99. The lowest BCUT2D eigenvalue weighted by Crippen LogP contribution is -2.06. The maximum absolute atomic E-state index is 10.9. The van der Waals surface area contributed by atoms with Gasteiger partial charge in [0.1, 0.15) is 0 Å². The van der Waals surface area contributed by atoms with Crippen molar-refractivity contribution < 1.29 is 19.4 Å². The molecule has 0 saturated carbocycles. The number of anilines is 1. The average Bonchev–Trinajstić information content (AvgIpc) is 2.30. The van der Waals surface area contributed by atoms with Crippen LogP contribution in [0.1, 0.15) is 16.8 Å². The van der Waals surface area contributed by atoms with Gasteiger partial charge in [-0.3, -0.25) is 0 Å². The number of carboxylic acids is 1. The molecule has 17 heavy (non-hydrogen) atoms. The Morgan fingerprint density at radius 2 is 2.18 bits per heavy atom. The number of hydrogen-bond acceptors (Lipinski definition) is 4. The van der Waals surface area contributed by atoms with Crippen LogP contribution in [-0.2, 0) is 0 Å². The zero-order valence-electron chi connectivity index (χ0n) is 9.40. The number of aromatic carboxylic acids is 1. The van der Waals surface area contributed by atoms with Crippen LogP contribution in [-0.4, -0.2) is 30.7 Å². The number of benzene rings is 1. The molecule has 1 rings (SSSR count). The van der Waals surface area contributed by atoms with Crippen LogP contribution in [0.2, 0.25) is 0 Å². The molecular weight excluding hydrogens is 246 g/mol. The van der Waals surface area contributed by atoms with Gasteiger partial charge in [0.2, 0.25) is 0 Å². The van der Waals surface area contributed by atoms with E-state index < -0.39 is 5.97 Å². The summed E-state index contributed by atoms with van der Waals surface area (Å²) in [4.78, 5) is 10.9. The second-order valence-electron chi connectivity index (χ2n) is 3.29. The molecule has 0 amide bonds. The third kappa shape index (κ3) is 3.42. The van der Waals surface area contributed by atoms with E-state index in [2.05, 4.69) is 0 Å². The Morgan fingerprint density at radius 3 is 2.71 bits per heavy atom. The van der Waals surface area contributed by atoms with Crippen molar-refractivity contribution in [3.8, 4) is 11.5 Å². The van der Waals surface area contributed by atoms with E-state index >= 15 is 0 Å². The normalized spacial score (nSPS) is 10.0. The van der Waals surface area contributed by atoms with Crippen molar-refractivity contribution in [1.82, 2.24) is 0 Å². The van der Waals surface area contributed by atoms with E-state index in [1.165, 1.54) is 19.2 Å². The lowest BCUT2D eigenvalue weighted by molar-refractivity contribution is 0.0697. The highest BCUT2D eigenvalue weighted by Gasteiger charge is 2.14. The molecule has 0 aliphatic carbocycles. The van der Waals surface area contributed by atoms with Crippen molar-refractivity contribution in [2.24, 2.45) is 0 Å².